The summed E-state index contributed by atoms with van der Waals surface area (Å²) in [6.45, 7) is 2.61. The standard InChI is InChI=1S/C14H21NO3/c1-17-12-2-4-13(5-3-12)18-9-8-15-10-14(11-16)6-7-14/h2-5,15-16H,6-11H2,1H3. The first-order valence-electron chi connectivity index (χ1n) is 6.36. The second-order valence-electron chi connectivity index (χ2n) is 4.86. The van der Waals surface area contributed by atoms with Gasteiger partial charge in [0.1, 0.15) is 18.1 Å². The molecule has 0 unspecified atom stereocenters. The van der Waals surface area contributed by atoms with E-state index in [-0.39, 0.29) is 5.41 Å². The lowest BCUT2D eigenvalue weighted by molar-refractivity contribution is 0.204. The van der Waals surface area contributed by atoms with E-state index in [1.165, 1.54) is 0 Å². The quantitative estimate of drug-likeness (QED) is 0.686. The van der Waals surface area contributed by atoms with Gasteiger partial charge in [-0.05, 0) is 37.1 Å². The van der Waals surface area contributed by atoms with Gasteiger partial charge in [-0.3, -0.25) is 0 Å². The van der Waals surface area contributed by atoms with Crippen LogP contribution in [0.15, 0.2) is 24.3 Å². The van der Waals surface area contributed by atoms with Crippen LogP contribution in [-0.2, 0) is 0 Å². The van der Waals surface area contributed by atoms with Crippen LogP contribution in [0.25, 0.3) is 0 Å². The molecule has 4 heteroatoms. The summed E-state index contributed by atoms with van der Waals surface area (Å²) in [5.74, 6) is 1.68. The van der Waals surface area contributed by atoms with Gasteiger partial charge < -0.3 is 19.9 Å². The molecule has 0 aromatic heterocycles. The van der Waals surface area contributed by atoms with Crippen LogP contribution in [0.4, 0.5) is 0 Å². The Balaban J connectivity index is 1.60. The van der Waals surface area contributed by atoms with Crippen molar-refractivity contribution in [1.29, 1.82) is 0 Å². The third-order valence-corrected chi connectivity index (χ3v) is 3.40. The van der Waals surface area contributed by atoms with Crippen molar-refractivity contribution in [3.05, 3.63) is 24.3 Å². The molecule has 0 aliphatic heterocycles. The zero-order valence-electron chi connectivity index (χ0n) is 10.8. The predicted molar refractivity (Wildman–Crippen MR) is 70.1 cm³/mol. The topological polar surface area (TPSA) is 50.7 Å². The fourth-order valence-electron chi connectivity index (χ4n) is 1.83. The number of benzene rings is 1. The van der Waals surface area contributed by atoms with Crippen molar-refractivity contribution < 1.29 is 14.6 Å². The number of nitrogens with one attached hydrogen (secondary N) is 1. The lowest BCUT2D eigenvalue weighted by atomic mass is 10.1. The number of aliphatic hydroxyl groups excluding tert-OH is 1. The molecule has 1 aliphatic carbocycles. The first-order chi connectivity index (χ1) is 8.78. The molecule has 2 N–H and O–H groups in total. The fraction of sp³-hybridized carbons (Fsp3) is 0.571. The van der Waals surface area contributed by atoms with Crippen LogP contribution in [-0.4, -0.2) is 38.5 Å². The number of hydrogen-bond donors (Lipinski definition) is 2. The van der Waals surface area contributed by atoms with E-state index in [1.54, 1.807) is 7.11 Å². The molecule has 0 amide bonds. The van der Waals surface area contributed by atoms with Gasteiger partial charge in [-0.1, -0.05) is 0 Å². The Kier molecular flexibility index (Phi) is 4.44. The average molecular weight is 251 g/mol. The zero-order valence-corrected chi connectivity index (χ0v) is 10.8. The van der Waals surface area contributed by atoms with Crippen molar-refractivity contribution >= 4 is 0 Å². The maximum absolute atomic E-state index is 9.16. The van der Waals surface area contributed by atoms with Gasteiger partial charge >= 0.3 is 0 Å². The lowest BCUT2D eigenvalue weighted by Gasteiger charge is -2.13. The van der Waals surface area contributed by atoms with Gasteiger partial charge in [0.15, 0.2) is 0 Å². The van der Waals surface area contributed by atoms with E-state index in [0.29, 0.717) is 13.2 Å². The molecule has 0 spiro atoms. The average Bonchev–Trinajstić information content (AvgIpc) is 3.20. The number of rotatable bonds is 8. The van der Waals surface area contributed by atoms with Crippen LogP contribution in [0.5, 0.6) is 11.5 Å². The molecule has 0 bridgehead atoms. The van der Waals surface area contributed by atoms with Gasteiger partial charge in [0.2, 0.25) is 0 Å². The molecule has 0 atom stereocenters. The van der Waals surface area contributed by atoms with Crippen molar-refractivity contribution in [2.45, 2.75) is 12.8 Å². The minimum absolute atomic E-state index is 0.167. The van der Waals surface area contributed by atoms with E-state index in [1.807, 2.05) is 24.3 Å². The number of methoxy groups -OCH3 is 1. The van der Waals surface area contributed by atoms with Gasteiger partial charge in [0, 0.05) is 25.1 Å². The van der Waals surface area contributed by atoms with E-state index < -0.39 is 0 Å². The van der Waals surface area contributed by atoms with Crippen LogP contribution in [0, 0.1) is 5.41 Å². The zero-order chi connectivity index (χ0) is 12.8. The maximum atomic E-state index is 9.16. The van der Waals surface area contributed by atoms with Gasteiger partial charge in [0.05, 0.1) is 7.11 Å². The summed E-state index contributed by atoms with van der Waals surface area (Å²) in [6, 6.07) is 7.56. The lowest BCUT2D eigenvalue weighted by Crippen LogP contribution is -2.29. The highest BCUT2D eigenvalue weighted by Crippen LogP contribution is 2.44. The minimum Gasteiger partial charge on any atom is -0.497 e. The van der Waals surface area contributed by atoms with Crippen molar-refractivity contribution in [1.82, 2.24) is 5.32 Å². The molecule has 1 aromatic carbocycles. The van der Waals surface area contributed by atoms with E-state index in [0.717, 1.165) is 37.4 Å². The highest BCUT2D eigenvalue weighted by molar-refractivity contribution is 5.31. The van der Waals surface area contributed by atoms with Crippen LogP contribution >= 0.6 is 0 Å². The molecule has 1 fully saturated rings. The highest BCUT2D eigenvalue weighted by Gasteiger charge is 2.41. The fourth-order valence-corrected chi connectivity index (χ4v) is 1.83. The van der Waals surface area contributed by atoms with Crippen molar-refractivity contribution in [3.63, 3.8) is 0 Å². The first kappa shape index (κ1) is 13.2. The molecular formula is C14H21NO3. The molecule has 0 radical (unpaired) electrons. The molecule has 100 valence electrons. The van der Waals surface area contributed by atoms with E-state index >= 15 is 0 Å². The molecule has 4 nitrogen and oxygen atoms in total. The Morgan fingerprint density at radius 2 is 1.89 bits per heavy atom. The van der Waals surface area contributed by atoms with Crippen molar-refractivity contribution in [3.8, 4) is 11.5 Å². The Morgan fingerprint density at radius 3 is 2.44 bits per heavy atom. The summed E-state index contributed by atoms with van der Waals surface area (Å²) in [4.78, 5) is 0. The normalized spacial score (nSPS) is 16.3. The smallest absolute Gasteiger partial charge is 0.119 e. The SMILES string of the molecule is COc1ccc(OCCNCC2(CO)CC2)cc1. The van der Waals surface area contributed by atoms with Gasteiger partial charge in [-0.25, -0.2) is 0 Å². The largest absolute Gasteiger partial charge is 0.497 e. The van der Waals surface area contributed by atoms with Gasteiger partial charge in [0.25, 0.3) is 0 Å². The summed E-state index contributed by atoms with van der Waals surface area (Å²) in [5, 5.41) is 12.5. The minimum atomic E-state index is 0.167. The number of aliphatic hydroxyl groups is 1. The molecule has 1 aromatic rings. The second kappa shape index (κ2) is 6.07. The van der Waals surface area contributed by atoms with E-state index in [2.05, 4.69) is 5.32 Å². The molecule has 0 saturated heterocycles. The second-order valence-corrected chi connectivity index (χ2v) is 4.86. The van der Waals surface area contributed by atoms with Crippen LogP contribution < -0.4 is 14.8 Å². The molecule has 1 aliphatic rings. The molecular weight excluding hydrogens is 230 g/mol. The first-order valence-corrected chi connectivity index (χ1v) is 6.36. The third-order valence-electron chi connectivity index (χ3n) is 3.40. The maximum Gasteiger partial charge on any atom is 0.119 e. The Hall–Kier alpha value is -1.26. The summed E-state index contributed by atoms with van der Waals surface area (Å²) in [6.07, 6.45) is 2.27. The van der Waals surface area contributed by atoms with Crippen molar-refractivity contribution in [2.75, 3.05) is 33.4 Å². The highest BCUT2D eigenvalue weighted by atomic mass is 16.5. The molecule has 18 heavy (non-hydrogen) atoms. The Morgan fingerprint density at radius 1 is 1.22 bits per heavy atom. The predicted octanol–water partition coefficient (Wildman–Crippen LogP) is 1.44. The van der Waals surface area contributed by atoms with Gasteiger partial charge in [-0.15, -0.1) is 0 Å². The Bertz CT molecular complexity index is 360. The third kappa shape index (κ3) is 3.62. The van der Waals surface area contributed by atoms with Crippen LogP contribution in [0.3, 0.4) is 0 Å². The van der Waals surface area contributed by atoms with Crippen molar-refractivity contribution in [2.24, 2.45) is 5.41 Å². The monoisotopic (exact) mass is 251 g/mol. The summed E-state index contributed by atoms with van der Waals surface area (Å²) in [5.41, 5.74) is 0.167. The van der Waals surface area contributed by atoms with E-state index in [9.17, 15) is 0 Å². The Labute approximate surface area is 108 Å². The number of hydrogen-bond acceptors (Lipinski definition) is 4. The molecule has 1 saturated carbocycles. The van der Waals surface area contributed by atoms with E-state index in [4.69, 9.17) is 14.6 Å². The summed E-state index contributed by atoms with van der Waals surface area (Å²) >= 11 is 0. The summed E-state index contributed by atoms with van der Waals surface area (Å²) < 4.78 is 10.7. The van der Waals surface area contributed by atoms with Gasteiger partial charge in [-0.2, -0.15) is 0 Å². The molecule has 2 rings (SSSR count). The number of ether oxygens (including phenoxy) is 2. The van der Waals surface area contributed by atoms with Crippen LogP contribution in [0.1, 0.15) is 12.8 Å². The van der Waals surface area contributed by atoms with Crippen LogP contribution in [0.2, 0.25) is 0 Å². The summed E-state index contributed by atoms with van der Waals surface area (Å²) in [7, 11) is 1.65. The molecule has 0 heterocycles.